The van der Waals surface area contributed by atoms with Gasteiger partial charge in [0.15, 0.2) is 6.79 Å². The summed E-state index contributed by atoms with van der Waals surface area (Å²) in [4.78, 5) is 10.8. The first-order chi connectivity index (χ1) is 8.58. The molecule has 0 radical (unpaired) electrons. The molecule has 108 valence electrons. The van der Waals surface area contributed by atoms with Crippen LogP contribution < -0.4 is 0 Å². The van der Waals surface area contributed by atoms with Gasteiger partial charge in [0.1, 0.15) is 0 Å². The fourth-order valence-electron chi connectivity index (χ4n) is 1.20. The second-order valence-electron chi connectivity index (χ2n) is 3.47. The lowest BCUT2D eigenvalue weighted by molar-refractivity contribution is -0.156. The lowest BCUT2D eigenvalue weighted by Gasteiger charge is -2.24. The summed E-state index contributed by atoms with van der Waals surface area (Å²) in [5, 5.41) is 0. The van der Waals surface area contributed by atoms with Crippen LogP contribution in [0.5, 0.6) is 0 Å². The zero-order valence-electron chi connectivity index (χ0n) is 11.7. The van der Waals surface area contributed by atoms with E-state index in [9.17, 15) is 4.79 Å². The summed E-state index contributed by atoms with van der Waals surface area (Å²) in [6, 6.07) is 0. The Morgan fingerprint density at radius 2 is 1.61 bits per heavy atom. The number of esters is 1. The predicted octanol–water partition coefficient (Wildman–Crippen LogP) is 1.57. The fourth-order valence-corrected chi connectivity index (χ4v) is 2.96. The van der Waals surface area contributed by atoms with Gasteiger partial charge >= 0.3 is 14.8 Å². The molecular formula is C11H24O6Si. The molecule has 0 N–H and O–H groups in total. The van der Waals surface area contributed by atoms with Gasteiger partial charge < -0.3 is 22.8 Å². The van der Waals surface area contributed by atoms with Crippen LogP contribution in [0.25, 0.3) is 0 Å². The van der Waals surface area contributed by atoms with Gasteiger partial charge in [-0.25, -0.2) is 0 Å². The SMILES string of the molecule is CCO[Si](C)(OCC)OCCOCOC(=O)CC. The maximum atomic E-state index is 10.8. The minimum absolute atomic E-state index is 0.0441. The Morgan fingerprint density at radius 3 is 2.11 bits per heavy atom. The van der Waals surface area contributed by atoms with Gasteiger partial charge in [-0.2, -0.15) is 0 Å². The highest BCUT2D eigenvalue weighted by Gasteiger charge is 2.33. The highest BCUT2D eigenvalue weighted by Crippen LogP contribution is 2.08. The van der Waals surface area contributed by atoms with Crippen molar-refractivity contribution in [2.24, 2.45) is 0 Å². The molecule has 0 aromatic carbocycles. The monoisotopic (exact) mass is 280 g/mol. The maximum Gasteiger partial charge on any atom is 0.497 e. The fraction of sp³-hybridized carbons (Fsp3) is 0.909. The molecule has 0 saturated carbocycles. The molecule has 0 unspecified atom stereocenters. The van der Waals surface area contributed by atoms with E-state index in [1.54, 1.807) is 6.92 Å². The van der Waals surface area contributed by atoms with E-state index < -0.39 is 8.80 Å². The second-order valence-corrected chi connectivity index (χ2v) is 6.06. The van der Waals surface area contributed by atoms with Gasteiger partial charge in [-0.3, -0.25) is 4.79 Å². The first-order valence-electron chi connectivity index (χ1n) is 6.23. The Kier molecular flexibility index (Phi) is 10.2. The Bertz CT molecular complexity index is 218. The molecule has 0 aliphatic heterocycles. The molecule has 6 nitrogen and oxygen atoms in total. The molecule has 0 aromatic rings. The lowest BCUT2D eigenvalue weighted by Crippen LogP contribution is -2.43. The normalized spacial score (nSPS) is 11.6. The molecule has 0 atom stereocenters. The molecular weight excluding hydrogens is 256 g/mol. The van der Waals surface area contributed by atoms with Gasteiger partial charge in [-0.15, -0.1) is 0 Å². The van der Waals surface area contributed by atoms with Gasteiger partial charge in [0.25, 0.3) is 0 Å². The summed E-state index contributed by atoms with van der Waals surface area (Å²) in [6.45, 7) is 9.12. The minimum Gasteiger partial charge on any atom is -0.438 e. The third-order valence-corrected chi connectivity index (χ3v) is 4.35. The van der Waals surface area contributed by atoms with Crippen molar-refractivity contribution < 1.29 is 27.5 Å². The largest absolute Gasteiger partial charge is 0.497 e. The zero-order valence-corrected chi connectivity index (χ0v) is 12.7. The van der Waals surface area contributed by atoms with Gasteiger partial charge in [-0.05, 0) is 13.8 Å². The number of hydrogen-bond donors (Lipinski definition) is 0. The van der Waals surface area contributed by atoms with Crippen LogP contribution in [0.2, 0.25) is 6.55 Å². The predicted molar refractivity (Wildman–Crippen MR) is 68.0 cm³/mol. The number of ether oxygens (including phenoxy) is 2. The van der Waals surface area contributed by atoms with Crippen LogP contribution in [0.3, 0.4) is 0 Å². The van der Waals surface area contributed by atoms with E-state index in [0.717, 1.165) is 0 Å². The molecule has 0 aliphatic rings. The van der Waals surface area contributed by atoms with Gasteiger partial charge in [0.05, 0.1) is 13.2 Å². The van der Waals surface area contributed by atoms with E-state index in [1.807, 2.05) is 20.4 Å². The molecule has 18 heavy (non-hydrogen) atoms. The lowest BCUT2D eigenvalue weighted by atomic mass is 10.5. The highest BCUT2D eigenvalue weighted by atomic mass is 28.4. The third kappa shape index (κ3) is 8.59. The van der Waals surface area contributed by atoms with E-state index >= 15 is 0 Å². The zero-order chi connectivity index (χ0) is 13.9. The summed E-state index contributed by atoms with van der Waals surface area (Å²) >= 11 is 0. The van der Waals surface area contributed by atoms with Crippen molar-refractivity contribution in [2.75, 3.05) is 33.2 Å². The molecule has 0 rings (SSSR count). The number of hydrogen-bond acceptors (Lipinski definition) is 6. The number of carbonyl (C=O) groups excluding carboxylic acids is 1. The quantitative estimate of drug-likeness (QED) is 0.248. The number of carbonyl (C=O) groups is 1. The summed E-state index contributed by atoms with van der Waals surface area (Å²) in [5.41, 5.74) is 0. The van der Waals surface area contributed by atoms with Crippen LogP contribution in [0.4, 0.5) is 0 Å². The molecule has 7 heteroatoms. The van der Waals surface area contributed by atoms with E-state index in [4.69, 9.17) is 22.8 Å². The van der Waals surface area contributed by atoms with Crippen LogP contribution >= 0.6 is 0 Å². The van der Waals surface area contributed by atoms with Crippen molar-refractivity contribution in [2.45, 2.75) is 33.7 Å². The van der Waals surface area contributed by atoms with Crippen molar-refractivity contribution in [3.8, 4) is 0 Å². The van der Waals surface area contributed by atoms with Crippen molar-refractivity contribution >= 4 is 14.8 Å². The van der Waals surface area contributed by atoms with E-state index in [1.165, 1.54) is 0 Å². The minimum atomic E-state index is -2.53. The first kappa shape index (κ1) is 17.5. The van der Waals surface area contributed by atoms with Crippen LogP contribution in [-0.2, 0) is 27.5 Å². The summed E-state index contributed by atoms with van der Waals surface area (Å²) in [7, 11) is -2.53. The van der Waals surface area contributed by atoms with Crippen LogP contribution in [0.1, 0.15) is 27.2 Å². The van der Waals surface area contributed by atoms with E-state index in [2.05, 4.69) is 0 Å². The summed E-state index contributed by atoms with van der Waals surface area (Å²) in [6.07, 6.45) is 0.347. The third-order valence-electron chi connectivity index (χ3n) is 2.00. The Balaban J connectivity index is 3.64. The Labute approximate surface area is 110 Å². The number of rotatable bonds is 11. The average Bonchev–Trinajstić information content (AvgIpc) is 2.33. The van der Waals surface area contributed by atoms with E-state index in [-0.39, 0.29) is 12.8 Å². The average molecular weight is 280 g/mol. The van der Waals surface area contributed by atoms with Crippen LogP contribution in [-0.4, -0.2) is 48.0 Å². The summed E-state index contributed by atoms with van der Waals surface area (Å²) < 4.78 is 26.4. The van der Waals surface area contributed by atoms with Crippen molar-refractivity contribution in [1.29, 1.82) is 0 Å². The summed E-state index contributed by atoms with van der Waals surface area (Å²) in [5.74, 6) is -0.279. The second kappa shape index (κ2) is 10.4. The Hall–Kier alpha value is -0.473. The van der Waals surface area contributed by atoms with Crippen molar-refractivity contribution in [3.63, 3.8) is 0 Å². The van der Waals surface area contributed by atoms with Crippen molar-refractivity contribution in [1.82, 2.24) is 0 Å². The standard InChI is InChI=1S/C11H24O6Si/c1-5-11(12)14-10-13-8-9-17-18(4,15-6-2)16-7-3/h5-10H2,1-4H3. The maximum absolute atomic E-state index is 10.8. The van der Waals surface area contributed by atoms with E-state index in [0.29, 0.717) is 32.8 Å². The molecule has 0 fully saturated rings. The smallest absolute Gasteiger partial charge is 0.438 e. The van der Waals surface area contributed by atoms with Gasteiger partial charge in [-0.1, -0.05) is 6.92 Å². The molecule has 0 bridgehead atoms. The Morgan fingerprint density at radius 1 is 1.00 bits per heavy atom. The van der Waals surface area contributed by atoms with Gasteiger partial charge in [0, 0.05) is 26.2 Å². The first-order valence-corrected chi connectivity index (χ1v) is 8.45. The molecule has 0 spiro atoms. The van der Waals surface area contributed by atoms with Crippen molar-refractivity contribution in [3.05, 3.63) is 0 Å². The van der Waals surface area contributed by atoms with Crippen LogP contribution in [0, 0.1) is 0 Å². The molecule has 0 heterocycles. The topological polar surface area (TPSA) is 63.2 Å². The molecule has 0 aliphatic carbocycles. The van der Waals surface area contributed by atoms with Gasteiger partial charge in [0.2, 0.25) is 0 Å². The molecule has 0 amide bonds. The van der Waals surface area contributed by atoms with Crippen LogP contribution in [0.15, 0.2) is 0 Å². The molecule has 0 aromatic heterocycles. The molecule has 0 saturated heterocycles. The highest BCUT2D eigenvalue weighted by molar-refractivity contribution is 6.59.